The number of hydrogen-bond donors (Lipinski definition) is 3. The van der Waals surface area contributed by atoms with Crippen molar-refractivity contribution in [2.45, 2.75) is 0 Å². The van der Waals surface area contributed by atoms with Crippen LogP contribution in [0.2, 0.25) is 0 Å². The maximum Gasteiger partial charge on any atom is 0.275 e. The van der Waals surface area contributed by atoms with Crippen LogP contribution in [-0.4, -0.2) is 49.0 Å². The second kappa shape index (κ2) is 9.76. The zero-order valence-electron chi connectivity index (χ0n) is 17.9. The molecule has 3 rings (SSSR count). The van der Waals surface area contributed by atoms with Crippen LogP contribution in [0.3, 0.4) is 0 Å². The number of nitrogens with one attached hydrogen (secondary N) is 2. The Labute approximate surface area is 185 Å². The van der Waals surface area contributed by atoms with Gasteiger partial charge in [0.05, 0.1) is 7.11 Å². The molecule has 3 N–H and O–H groups in total. The molecule has 164 valence electrons. The molecule has 0 saturated heterocycles. The summed E-state index contributed by atoms with van der Waals surface area (Å²) in [4.78, 5) is 39.0. The van der Waals surface area contributed by atoms with E-state index >= 15 is 0 Å². The van der Waals surface area contributed by atoms with Crippen LogP contribution in [0.5, 0.6) is 5.75 Å². The van der Waals surface area contributed by atoms with Gasteiger partial charge in [-0.05, 0) is 59.7 Å². The van der Waals surface area contributed by atoms with Crippen LogP contribution in [-0.2, 0) is 0 Å². The fourth-order valence-electron chi connectivity index (χ4n) is 3.18. The minimum absolute atomic E-state index is 0.219. The summed E-state index contributed by atoms with van der Waals surface area (Å²) in [6.07, 6.45) is 0. The van der Waals surface area contributed by atoms with E-state index in [1.54, 1.807) is 93.4 Å². The van der Waals surface area contributed by atoms with Gasteiger partial charge < -0.3 is 15.0 Å². The summed E-state index contributed by atoms with van der Waals surface area (Å²) in [7, 11) is 4.79. The molecule has 0 aliphatic carbocycles. The molecule has 3 amide bonds. The minimum atomic E-state index is -0.686. The highest BCUT2D eigenvalue weighted by Crippen LogP contribution is 2.29. The quantitative estimate of drug-likeness (QED) is 0.408. The first-order valence-electron chi connectivity index (χ1n) is 9.70. The Hall–Kier alpha value is -4.17. The predicted octanol–water partition coefficient (Wildman–Crippen LogP) is 3.44. The Balaban J connectivity index is 2.05. The van der Waals surface area contributed by atoms with Crippen molar-refractivity contribution in [2.75, 3.05) is 26.5 Å². The molecule has 0 radical (unpaired) electrons. The number of ether oxygens (including phenoxy) is 1. The lowest BCUT2D eigenvalue weighted by Gasteiger charge is -2.15. The zero-order valence-corrected chi connectivity index (χ0v) is 17.9. The molecule has 0 bridgehead atoms. The normalized spacial score (nSPS) is 10.2. The van der Waals surface area contributed by atoms with Gasteiger partial charge in [-0.15, -0.1) is 0 Å². The Morgan fingerprint density at radius 3 is 2.19 bits per heavy atom. The molecule has 3 aromatic carbocycles. The molecule has 0 unspecified atom stereocenters. The summed E-state index contributed by atoms with van der Waals surface area (Å²) < 4.78 is 5.11. The number of anilines is 1. The molecule has 32 heavy (non-hydrogen) atoms. The van der Waals surface area contributed by atoms with Gasteiger partial charge in [0.15, 0.2) is 0 Å². The monoisotopic (exact) mass is 433 g/mol. The van der Waals surface area contributed by atoms with E-state index in [0.717, 1.165) is 0 Å². The van der Waals surface area contributed by atoms with Gasteiger partial charge in [0, 0.05) is 36.5 Å². The van der Waals surface area contributed by atoms with Crippen LogP contribution in [0.4, 0.5) is 5.69 Å². The third kappa shape index (κ3) is 4.93. The van der Waals surface area contributed by atoms with Crippen LogP contribution in [0.1, 0.15) is 31.1 Å². The Morgan fingerprint density at radius 1 is 0.875 bits per heavy atom. The summed E-state index contributed by atoms with van der Waals surface area (Å²) >= 11 is 0. The van der Waals surface area contributed by atoms with Crippen molar-refractivity contribution in [3.63, 3.8) is 0 Å². The highest BCUT2D eigenvalue weighted by molar-refractivity contribution is 6.06. The smallest absolute Gasteiger partial charge is 0.275 e. The molecule has 0 saturated carbocycles. The van der Waals surface area contributed by atoms with Gasteiger partial charge >= 0.3 is 0 Å². The molecule has 0 spiro atoms. The van der Waals surface area contributed by atoms with Gasteiger partial charge in [0.25, 0.3) is 17.7 Å². The molecule has 0 fully saturated rings. The summed E-state index contributed by atoms with van der Waals surface area (Å²) in [5, 5.41) is 11.9. The van der Waals surface area contributed by atoms with E-state index in [4.69, 9.17) is 9.94 Å². The van der Waals surface area contributed by atoms with Gasteiger partial charge in [-0.2, -0.15) is 0 Å². The Morgan fingerprint density at radius 2 is 1.56 bits per heavy atom. The molecule has 0 atom stereocenters. The second-order valence-corrected chi connectivity index (χ2v) is 7.17. The van der Waals surface area contributed by atoms with Crippen LogP contribution < -0.4 is 15.5 Å². The first-order chi connectivity index (χ1) is 15.3. The van der Waals surface area contributed by atoms with Gasteiger partial charge in [0.2, 0.25) is 0 Å². The van der Waals surface area contributed by atoms with E-state index in [0.29, 0.717) is 33.7 Å². The summed E-state index contributed by atoms with van der Waals surface area (Å²) in [5.74, 6) is -0.694. The summed E-state index contributed by atoms with van der Waals surface area (Å²) in [5.41, 5.74) is 4.00. The number of hydroxylamine groups is 1. The van der Waals surface area contributed by atoms with Crippen LogP contribution in [0.25, 0.3) is 11.1 Å². The molecule has 0 aliphatic heterocycles. The first-order valence-corrected chi connectivity index (χ1v) is 9.70. The van der Waals surface area contributed by atoms with Gasteiger partial charge in [0.1, 0.15) is 5.75 Å². The van der Waals surface area contributed by atoms with Gasteiger partial charge in [-0.25, -0.2) is 5.48 Å². The highest BCUT2D eigenvalue weighted by atomic mass is 16.5. The Bertz CT molecular complexity index is 1160. The molecule has 0 aliphatic rings. The fourth-order valence-corrected chi connectivity index (χ4v) is 3.18. The second-order valence-electron chi connectivity index (χ2n) is 7.17. The summed E-state index contributed by atoms with van der Waals surface area (Å²) in [6, 6.07) is 18.1. The predicted molar refractivity (Wildman–Crippen MR) is 120 cm³/mol. The van der Waals surface area contributed by atoms with Crippen LogP contribution in [0.15, 0.2) is 66.7 Å². The van der Waals surface area contributed by atoms with E-state index < -0.39 is 5.91 Å². The minimum Gasteiger partial charge on any atom is -0.497 e. The maximum absolute atomic E-state index is 12.8. The number of carbonyl (C=O) groups excluding carboxylic acids is 3. The number of benzene rings is 3. The van der Waals surface area contributed by atoms with Gasteiger partial charge in [-0.1, -0.05) is 18.2 Å². The topological polar surface area (TPSA) is 108 Å². The molecule has 0 aromatic heterocycles. The van der Waals surface area contributed by atoms with Crippen molar-refractivity contribution in [3.05, 3.63) is 83.4 Å². The van der Waals surface area contributed by atoms with Gasteiger partial charge in [-0.3, -0.25) is 19.6 Å². The van der Waals surface area contributed by atoms with E-state index in [1.165, 1.54) is 4.90 Å². The van der Waals surface area contributed by atoms with Crippen LogP contribution in [0, 0.1) is 0 Å². The third-order valence-electron chi connectivity index (χ3n) is 4.78. The van der Waals surface area contributed by atoms with Crippen molar-refractivity contribution in [2.24, 2.45) is 0 Å². The molecule has 0 heterocycles. The van der Waals surface area contributed by atoms with E-state index in [-0.39, 0.29) is 17.4 Å². The summed E-state index contributed by atoms with van der Waals surface area (Å²) in [6.45, 7) is 0. The number of hydrogen-bond acceptors (Lipinski definition) is 5. The van der Waals surface area contributed by atoms with Crippen molar-refractivity contribution < 1.29 is 24.3 Å². The van der Waals surface area contributed by atoms with E-state index in [9.17, 15) is 14.4 Å². The highest BCUT2D eigenvalue weighted by Gasteiger charge is 2.17. The molecule has 8 nitrogen and oxygen atoms in total. The average molecular weight is 433 g/mol. The lowest BCUT2D eigenvalue weighted by atomic mass is 9.96. The number of amides is 3. The fraction of sp³-hybridized carbons (Fsp3) is 0.125. The van der Waals surface area contributed by atoms with Crippen LogP contribution >= 0.6 is 0 Å². The van der Waals surface area contributed by atoms with Crippen molar-refractivity contribution >= 4 is 23.4 Å². The van der Waals surface area contributed by atoms with Crippen molar-refractivity contribution in [1.82, 2.24) is 10.4 Å². The van der Waals surface area contributed by atoms with Crippen molar-refractivity contribution in [3.8, 4) is 16.9 Å². The number of methoxy groups -OCH3 is 1. The zero-order chi connectivity index (χ0) is 23.3. The van der Waals surface area contributed by atoms with E-state index in [2.05, 4.69) is 5.32 Å². The van der Waals surface area contributed by atoms with E-state index in [1.807, 2.05) is 0 Å². The van der Waals surface area contributed by atoms with Crippen molar-refractivity contribution in [1.29, 1.82) is 0 Å². The average Bonchev–Trinajstić information content (AvgIpc) is 2.82. The number of carbonyl (C=O) groups is 3. The molecule has 8 heteroatoms. The Kier molecular flexibility index (Phi) is 6.87. The number of nitrogens with zero attached hydrogens (tertiary/aromatic N) is 1. The first kappa shape index (κ1) is 22.5. The molecule has 3 aromatic rings. The lowest BCUT2D eigenvalue weighted by Crippen LogP contribution is -2.22. The lowest BCUT2D eigenvalue weighted by molar-refractivity contribution is 0.0707. The number of rotatable bonds is 6. The maximum atomic E-state index is 12.8. The third-order valence-corrected chi connectivity index (χ3v) is 4.78. The standard InChI is InChI=1S/C24H23N3O5/c1-27(2)24(30)17-12-16(20-6-4-5-7-21(20)23(29)26-31)13-18(14-17)25-22(28)15-8-10-19(32-3)11-9-15/h4-14,31H,1-3H3,(H,25,28)(H,26,29). The molecular weight excluding hydrogens is 410 g/mol. The SMILES string of the molecule is COc1ccc(C(=O)Nc2cc(C(=O)N(C)C)cc(-c3ccccc3C(=O)NO)c2)cc1. The largest absolute Gasteiger partial charge is 0.497 e. The molecular formula is C24H23N3O5.